The first-order valence-electron chi connectivity index (χ1n) is 7.27. The third kappa shape index (κ3) is 2.55. The Morgan fingerprint density at radius 3 is 2.41 bits per heavy atom. The number of aliphatic hydroxyl groups excluding tert-OH is 1. The summed E-state index contributed by atoms with van der Waals surface area (Å²) in [7, 11) is 0. The van der Waals surface area contributed by atoms with E-state index in [0.717, 1.165) is 17.0 Å². The Hall–Kier alpha value is -2.75. The zero-order chi connectivity index (χ0) is 15.5. The van der Waals surface area contributed by atoms with Crippen LogP contribution in [-0.2, 0) is 0 Å². The van der Waals surface area contributed by atoms with Crippen molar-refractivity contribution in [2.45, 2.75) is 6.92 Å². The number of hydrogen-bond donors (Lipinski definition) is 2. The van der Waals surface area contributed by atoms with Crippen LogP contribution in [0.25, 0.3) is 5.57 Å². The van der Waals surface area contributed by atoms with Crippen molar-refractivity contribution in [3.63, 3.8) is 0 Å². The second kappa shape index (κ2) is 5.93. The first-order chi connectivity index (χ1) is 10.7. The molecule has 112 valence electrons. The first kappa shape index (κ1) is 14.2. The van der Waals surface area contributed by atoms with Crippen LogP contribution in [0.2, 0.25) is 0 Å². The highest BCUT2D eigenvalue weighted by molar-refractivity contribution is 6.30. The average molecular weight is 294 g/mol. The van der Waals surface area contributed by atoms with Gasteiger partial charge < -0.3 is 14.7 Å². The van der Waals surface area contributed by atoms with Gasteiger partial charge in [0.15, 0.2) is 0 Å². The van der Waals surface area contributed by atoms with E-state index in [-0.39, 0.29) is 5.76 Å². The molecule has 22 heavy (non-hydrogen) atoms. The van der Waals surface area contributed by atoms with Gasteiger partial charge >= 0.3 is 0 Å². The lowest BCUT2D eigenvalue weighted by Crippen LogP contribution is -2.25. The van der Waals surface area contributed by atoms with Crippen LogP contribution in [0.4, 0.5) is 5.69 Å². The van der Waals surface area contributed by atoms with Crippen molar-refractivity contribution < 1.29 is 9.84 Å². The summed E-state index contributed by atoms with van der Waals surface area (Å²) in [5.41, 5.74) is 2.32. The molecule has 2 aromatic carbocycles. The Labute approximate surface area is 129 Å². The van der Waals surface area contributed by atoms with Crippen molar-refractivity contribution >= 4 is 17.1 Å². The van der Waals surface area contributed by atoms with Gasteiger partial charge in [-0.1, -0.05) is 30.3 Å². The highest BCUT2D eigenvalue weighted by Gasteiger charge is 2.29. The molecule has 0 bridgehead atoms. The molecule has 0 saturated carbocycles. The van der Waals surface area contributed by atoms with Gasteiger partial charge in [-0.05, 0) is 36.8 Å². The van der Waals surface area contributed by atoms with Gasteiger partial charge in [0, 0.05) is 5.69 Å². The van der Waals surface area contributed by atoms with Gasteiger partial charge in [0.25, 0.3) is 0 Å². The molecule has 0 spiro atoms. The molecule has 2 N–H and O–H groups in total. The second-order valence-corrected chi connectivity index (χ2v) is 5.05. The molecule has 0 aliphatic carbocycles. The third-order valence-corrected chi connectivity index (χ3v) is 3.63. The summed E-state index contributed by atoms with van der Waals surface area (Å²) in [5.74, 6) is 1.34. The summed E-state index contributed by atoms with van der Waals surface area (Å²) in [4.78, 5) is 1.79. The van der Waals surface area contributed by atoms with Crippen LogP contribution >= 0.6 is 0 Å². The van der Waals surface area contributed by atoms with Gasteiger partial charge in [-0.15, -0.1) is 0 Å². The highest BCUT2D eigenvalue weighted by atomic mass is 16.5. The molecule has 0 aromatic heterocycles. The fourth-order valence-corrected chi connectivity index (χ4v) is 2.60. The van der Waals surface area contributed by atoms with E-state index in [1.54, 1.807) is 4.90 Å². The van der Waals surface area contributed by atoms with E-state index in [0.29, 0.717) is 24.6 Å². The molecule has 0 unspecified atom stereocenters. The van der Waals surface area contributed by atoms with E-state index in [2.05, 4.69) is 0 Å². The fourth-order valence-electron chi connectivity index (χ4n) is 2.60. The lowest BCUT2D eigenvalue weighted by Gasteiger charge is -2.19. The number of anilines is 1. The van der Waals surface area contributed by atoms with E-state index in [1.807, 2.05) is 61.5 Å². The number of nitrogens with zero attached hydrogens (tertiary/aromatic N) is 1. The maximum Gasteiger partial charge on any atom is 0.137 e. The molecule has 4 heteroatoms. The van der Waals surface area contributed by atoms with Crippen LogP contribution in [-0.4, -0.2) is 24.1 Å². The summed E-state index contributed by atoms with van der Waals surface area (Å²) >= 11 is 0. The van der Waals surface area contributed by atoms with Crippen LogP contribution in [0.5, 0.6) is 5.75 Å². The van der Waals surface area contributed by atoms with Crippen molar-refractivity contribution in [2.24, 2.45) is 0 Å². The highest BCUT2D eigenvalue weighted by Crippen LogP contribution is 2.31. The zero-order valence-electron chi connectivity index (χ0n) is 12.4. The van der Waals surface area contributed by atoms with Crippen molar-refractivity contribution in [1.82, 2.24) is 0 Å². The Balaban J connectivity index is 1.86. The number of hydrogen-bond acceptors (Lipinski definition) is 3. The van der Waals surface area contributed by atoms with Crippen LogP contribution in [0.3, 0.4) is 0 Å². The molecular weight excluding hydrogens is 276 g/mol. The van der Waals surface area contributed by atoms with Crippen molar-refractivity contribution in [1.29, 1.82) is 5.41 Å². The van der Waals surface area contributed by atoms with Crippen LogP contribution < -0.4 is 9.64 Å². The molecule has 0 saturated heterocycles. The van der Waals surface area contributed by atoms with Crippen molar-refractivity contribution in [3.8, 4) is 5.75 Å². The summed E-state index contributed by atoms with van der Waals surface area (Å²) in [6.45, 7) is 2.88. The van der Waals surface area contributed by atoms with Gasteiger partial charge in [-0.2, -0.15) is 0 Å². The molecule has 0 amide bonds. The van der Waals surface area contributed by atoms with Gasteiger partial charge in [-0.25, -0.2) is 0 Å². The van der Waals surface area contributed by atoms with Gasteiger partial charge in [0.1, 0.15) is 17.3 Å². The number of benzene rings is 2. The summed E-state index contributed by atoms with van der Waals surface area (Å²) in [5, 5.41) is 18.6. The van der Waals surface area contributed by atoms with E-state index in [1.165, 1.54) is 0 Å². The molecule has 2 aromatic rings. The summed E-state index contributed by atoms with van der Waals surface area (Å²) < 4.78 is 5.43. The Bertz CT molecular complexity index is 706. The number of nitrogens with one attached hydrogen (secondary N) is 1. The van der Waals surface area contributed by atoms with Gasteiger partial charge in [-0.3, -0.25) is 5.41 Å². The van der Waals surface area contributed by atoms with Crippen LogP contribution in [0, 0.1) is 5.41 Å². The first-order valence-corrected chi connectivity index (χ1v) is 7.27. The number of rotatable bonds is 4. The SMILES string of the molecule is CCOc1ccc(N2CC(O)=C(c3ccccc3)C2=N)cc1. The molecule has 1 aliphatic heterocycles. The van der Waals surface area contributed by atoms with Crippen molar-refractivity contribution in [2.75, 3.05) is 18.1 Å². The second-order valence-electron chi connectivity index (χ2n) is 5.05. The number of ether oxygens (including phenoxy) is 1. The average Bonchev–Trinajstić information content (AvgIpc) is 2.84. The maximum atomic E-state index is 10.3. The van der Waals surface area contributed by atoms with Gasteiger partial charge in [0.2, 0.25) is 0 Å². The molecule has 4 nitrogen and oxygen atoms in total. The summed E-state index contributed by atoms with van der Waals surface area (Å²) in [6, 6.07) is 17.1. The maximum absolute atomic E-state index is 10.3. The normalized spacial score (nSPS) is 14.6. The van der Waals surface area contributed by atoms with Crippen LogP contribution in [0.15, 0.2) is 60.4 Å². The molecule has 0 atom stereocenters. The minimum absolute atomic E-state index is 0.227. The molecule has 0 fully saturated rings. The molecule has 1 aliphatic rings. The lowest BCUT2D eigenvalue weighted by molar-refractivity contribution is 0.340. The minimum Gasteiger partial charge on any atom is -0.510 e. The minimum atomic E-state index is 0.227. The van der Waals surface area contributed by atoms with Crippen molar-refractivity contribution in [3.05, 3.63) is 65.9 Å². The zero-order valence-corrected chi connectivity index (χ0v) is 12.4. The van der Waals surface area contributed by atoms with E-state index in [4.69, 9.17) is 10.1 Å². The molecule has 0 radical (unpaired) electrons. The predicted octanol–water partition coefficient (Wildman–Crippen LogP) is 3.85. The van der Waals surface area contributed by atoms with E-state index in [9.17, 15) is 5.11 Å². The third-order valence-electron chi connectivity index (χ3n) is 3.63. The van der Waals surface area contributed by atoms with Crippen LogP contribution in [0.1, 0.15) is 12.5 Å². The monoisotopic (exact) mass is 294 g/mol. The fraction of sp³-hybridized carbons (Fsp3) is 0.167. The standard InChI is InChI=1S/C18H18N2O2/c1-2-22-15-10-8-14(9-11-15)20-12-16(21)17(18(20)19)13-6-4-3-5-7-13/h3-11,19,21H,2,12H2,1H3. The quantitative estimate of drug-likeness (QED) is 0.900. The largest absolute Gasteiger partial charge is 0.510 e. The Morgan fingerprint density at radius 1 is 1.09 bits per heavy atom. The predicted molar refractivity (Wildman–Crippen MR) is 88.7 cm³/mol. The topological polar surface area (TPSA) is 56.6 Å². The Kier molecular flexibility index (Phi) is 3.83. The Morgan fingerprint density at radius 2 is 1.77 bits per heavy atom. The molecule has 1 heterocycles. The smallest absolute Gasteiger partial charge is 0.137 e. The van der Waals surface area contributed by atoms with Gasteiger partial charge in [0.05, 0.1) is 18.7 Å². The van der Waals surface area contributed by atoms with E-state index < -0.39 is 0 Å². The van der Waals surface area contributed by atoms with E-state index >= 15 is 0 Å². The molecular formula is C18H18N2O2. The number of aliphatic hydroxyl groups is 1. The lowest BCUT2D eigenvalue weighted by atomic mass is 10.1. The number of amidine groups is 1. The molecule has 3 rings (SSSR count). The summed E-state index contributed by atoms with van der Waals surface area (Å²) in [6.07, 6.45) is 0.